The van der Waals surface area contributed by atoms with Crippen molar-refractivity contribution in [3.05, 3.63) is 35.4 Å². The molecule has 0 N–H and O–H groups in total. The molecule has 0 radical (unpaired) electrons. The standard InChI is InChI=1S/C22H32N2O/c1-18(25)24-14-11-20-9-5-6-10-21(20)22(24)12-15-23(16-13-22)17-19-7-3-2-4-8-19/h5-6,9-10,19H,2-4,7-8,11-17H2,1H3. The van der Waals surface area contributed by atoms with Crippen LogP contribution in [0.25, 0.3) is 0 Å². The summed E-state index contributed by atoms with van der Waals surface area (Å²) in [5.74, 6) is 1.15. The Bertz CT molecular complexity index is 612. The highest BCUT2D eigenvalue weighted by Gasteiger charge is 2.45. The van der Waals surface area contributed by atoms with Crippen LogP contribution < -0.4 is 0 Å². The third kappa shape index (κ3) is 3.23. The molecule has 0 unspecified atom stereocenters. The monoisotopic (exact) mass is 340 g/mol. The van der Waals surface area contributed by atoms with Gasteiger partial charge in [-0.3, -0.25) is 4.79 Å². The molecule has 0 aromatic heterocycles. The first-order valence-corrected chi connectivity index (χ1v) is 10.3. The Labute approximate surface area is 152 Å². The van der Waals surface area contributed by atoms with E-state index in [9.17, 15) is 4.79 Å². The van der Waals surface area contributed by atoms with E-state index in [1.54, 1.807) is 6.92 Å². The molecule has 1 aromatic carbocycles. The summed E-state index contributed by atoms with van der Waals surface area (Å²) in [5, 5.41) is 0. The molecule has 1 saturated heterocycles. The highest BCUT2D eigenvalue weighted by atomic mass is 16.2. The van der Waals surface area contributed by atoms with Gasteiger partial charge in [0.05, 0.1) is 5.54 Å². The molecule has 3 nitrogen and oxygen atoms in total. The Morgan fingerprint density at radius 2 is 1.80 bits per heavy atom. The number of amides is 1. The molecule has 1 aliphatic carbocycles. The van der Waals surface area contributed by atoms with Gasteiger partial charge in [-0.1, -0.05) is 43.5 Å². The van der Waals surface area contributed by atoms with Crippen LogP contribution in [0.5, 0.6) is 0 Å². The summed E-state index contributed by atoms with van der Waals surface area (Å²) in [7, 11) is 0. The van der Waals surface area contributed by atoms with E-state index in [1.165, 1.54) is 49.8 Å². The molecule has 0 bridgehead atoms. The normalized spacial score (nSPS) is 24.3. The minimum absolute atomic E-state index is 0.0518. The molecule has 3 aliphatic rings. The summed E-state index contributed by atoms with van der Waals surface area (Å²) < 4.78 is 0. The van der Waals surface area contributed by atoms with Gasteiger partial charge >= 0.3 is 0 Å². The fourth-order valence-electron chi connectivity index (χ4n) is 5.62. The predicted molar refractivity (Wildman–Crippen MR) is 101 cm³/mol. The van der Waals surface area contributed by atoms with Gasteiger partial charge in [0.25, 0.3) is 0 Å². The SMILES string of the molecule is CC(=O)N1CCc2ccccc2C12CCN(CC1CCCCC1)CC2. The van der Waals surface area contributed by atoms with Crippen molar-refractivity contribution in [1.29, 1.82) is 0 Å². The molecule has 1 spiro atoms. The van der Waals surface area contributed by atoms with E-state index in [-0.39, 0.29) is 11.4 Å². The molecule has 1 saturated carbocycles. The van der Waals surface area contributed by atoms with Crippen LogP contribution in [-0.4, -0.2) is 41.9 Å². The van der Waals surface area contributed by atoms with Crippen LogP contribution in [0.2, 0.25) is 0 Å². The third-order valence-corrected chi connectivity index (χ3v) is 6.94. The zero-order chi connectivity index (χ0) is 17.3. The molecule has 1 amide bonds. The molecule has 4 rings (SSSR count). The molecule has 3 heteroatoms. The Morgan fingerprint density at radius 3 is 2.52 bits per heavy atom. The minimum Gasteiger partial charge on any atom is -0.333 e. The number of hydrogen-bond acceptors (Lipinski definition) is 2. The van der Waals surface area contributed by atoms with Crippen molar-refractivity contribution < 1.29 is 4.79 Å². The van der Waals surface area contributed by atoms with Gasteiger partial charge in [0.1, 0.15) is 0 Å². The van der Waals surface area contributed by atoms with Crippen LogP contribution in [0.15, 0.2) is 24.3 Å². The lowest BCUT2D eigenvalue weighted by Gasteiger charge is -2.52. The van der Waals surface area contributed by atoms with Crippen molar-refractivity contribution in [3.8, 4) is 0 Å². The molecule has 2 aliphatic heterocycles. The van der Waals surface area contributed by atoms with Gasteiger partial charge in [0.15, 0.2) is 0 Å². The second-order valence-electron chi connectivity index (χ2n) is 8.41. The zero-order valence-electron chi connectivity index (χ0n) is 15.7. The Morgan fingerprint density at radius 1 is 1.08 bits per heavy atom. The average Bonchev–Trinajstić information content (AvgIpc) is 2.65. The number of rotatable bonds is 2. The quantitative estimate of drug-likeness (QED) is 0.813. The smallest absolute Gasteiger partial charge is 0.220 e. The van der Waals surface area contributed by atoms with Crippen molar-refractivity contribution >= 4 is 5.91 Å². The summed E-state index contributed by atoms with van der Waals surface area (Å²) >= 11 is 0. The van der Waals surface area contributed by atoms with E-state index < -0.39 is 0 Å². The maximum absolute atomic E-state index is 12.4. The number of nitrogens with zero attached hydrogens (tertiary/aromatic N) is 2. The van der Waals surface area contributed by atoms with Crippen molar-refractivity contribution in [2.24, 2.45) is 5.92 Å². The number of piperidine rings is 1. The van der Waals surface area contributed by atoms with Crippen molar-refractivity contribution in [3.63, 3.8) is 0 Å². The molecule has 136 valence electrons. The Balaban J connectivity index is 1.51. The van der Waals surface area contributed by atoms with E-state index in [2.05, 4.69) is 34.1 Å². The minimum atomic E-state index is -0.0518. The summed E-state index contributed by atoms with van der Waals surface area (Å²) in [5.41, 5.74) is 2.83. The van der Waals surface area contributed by atoms with Gasteiger partial charge in [-0.15, -0.1) is 0 Å². The predicted octanol–water partition coefficient (Wildman–Crippen LogP) is 3.96. The lowest BCUT2D eigenvalue weighted by molar-refractivity contribution is -0.139. The van der Waals surface area contributed by atoms with Gasteiger partial charge in [-0.05, 0) is 49.1 Å². The van der Waals surface area contributed by atoms with Gasteiger partial charge < -0.3 is 9.80 Å². The van der Waals surface area contributed by atoms with Gasteiger partial charge in [0.2, 0.25) is 5.91 Å². The second-order valence-corrected chi connectivity index (χ2v) is 8.41. The molecular formula is C22H32N2O. The number of carbonyl (C=O) groups is 1. The van der Waals surface area contributed by atoms with E-state index in [0.29, 0.717) is 0 Å². The fraction of sp³-hybridized carbons (Fsp3) is 0.682. The lowest BCUT2D eigenvalue weighted by Crippen LogP contribution is -2.58. The first kappa shape index (κ1) is 17.1. The maximum atomic E-state index is 12.4. The third-order valence-electron chi connectivity index (χ3n) is 6.94. The summed E-state index contributed by atoms with van der Waals surface area (Å²) in [6.45, 7) is 6.18. The van der Waals surface area contributed by atoms with E-state index in [4.69, 9.17) is 0 Å². The first-order valence-electron chi connectivity index (χ1n) is 10.3. The summed E-state index contributed by atoms with van der Waals surface area (Å²) in [6, 6.07) is 8.84. The average molecular weight is 341 g/mol. The highest BCUT2D eigenvalue weighted by Crippen LogP contribution is 2.43. The largest absolute Gasteiger partial charge is 0.333 e. The van der Waals surface area contributed by atoms with Crippen LogP contribution in [-0.2, 0) is 16.8 Å². The van der Waals surface area contributed by atoms with E-state index in [0.717, 1.165) is 44.8 Å². The molecule has 2 heterocycles. The second kappa shape index (κ2) is 7.11. The number of fused-ring (bicyclic) bond motifs is 2. The van der Waals surface area contributed by atoms with Crippen molar-refractivity contribution in [2.75, 3.05) is 26.2 Å². The van der Waals surface area contributed by atoms with Gasteiger partial charge in [0, 0.05) is 33.1 Å². The summed E-state index contributed by atoms with van der Waals surface area (Å²) in [6.07, 6.45) is 10.3. The van der Waals surface area contributed by atoms with Crippen LogP contribution in [0.4, 0.5) is 0 Å². The zero-order valence-corrected chi connectivity index (χ0v) is 15.7. The Kier molecular flexibility index (Phi) is 4.86. The van der Waals surface area contributed by atoms with E-state index in [1.807, 2.05) is 0 Å². The van der Waals surface area contributed by atoms with Crippen LogP contribution >= 0.6 is 0 Å². The molecule has 1 aromatic rings. The fourth-order valence-corrected chi connectivity index (χ4v) is 5.62. The Hall–Kier alpha value is -1.35. The number of carbonyl (C=O) groups excluding carboxylic acids is 1. The van der Waals surface area contributed by atoms with Crippen molar-refractivity contribution in [2.45, 2.75) is 63.8 Å². The number of likely N-dealkylation sites (tertiary alicyclic amines) is 1. The molecular weight excluding hydrogens is 308 g/mol. The number of hydrogen-bond donors (Lipinski definition) is 0. The van der Waals surface area contributed by atoms with E-state index >= 15 is 0 Å². The maximum Gasteiger partial charge on any atom is 0.220 e. The summed E-state index contributed by atoms with van der Waals surface area (Å²) in [4.78, 5) is 17.3. The molecule has 2 fully saturated rings. The van der Waals surface area contributed by atoms with Gasteiger partial charge in [-0.25, -0.2) is 0 Å². The van der Waals surface area contributed by atoms with Crippen LogP contribution in [0, 0.1) is 5.92 Å². The lowest BCUT2D eigenvalue weighted by atomic mass is 9.74. The number of benzene rings is 1. The first-order chi connectivity index (χ1) is 12.2. The van der Waals surface area contributed by atoms with Crippen LogP contribution in [0.1, 0.15) is 63.0 Å². The topological polar surface area (TPSA) is 23.6 Å². The molecule has 25 heavy (non-hydrogen) atoms. The van der Waals surface area contributed by atoms with Crippen molar-refractivity contribution in [1.82, 2.24) is 9.80 Å². The van der Waals surface area contributed by atoms with Gasteiger partial charge in [-0.2, -0.15) is 0 Å². The molecule has 0 atom stereocenters. The highest BCUT2D eigenvalue weighted by molar-refractivity contribution is 5.75. The van der Waals surface area contributed by atoms with Crippen LogP contribution in [0.3, 0.4) is 0 Å².